The molecule has 0 fully saturated rings. The highest BCUT2D eigenvalue weighted by Crippen LogP contribution is 2.27. The molecule has 7 heteroatoms. The second kappa shape index (κ2) is 10.7. The van der Waals surface area contributed by atoms with Crippen LogP contribution in [-0.2, 0) is 11.2 Å². The lowest BCUT2D eigenvalue weighted by Gasteiger charge is -2.12. The molecular formula is C25H32N6O. The van der Waals surface area contributed by atoms with Crippen LogP contribution in [-0.4, -0.2) is 28.5 Å². The molecule has 0 atom stereocenters. The van der Waals surface area contributed by atoms with Gasteiger partial charge in [-0.25, -0.2) is 9.97 Å². The average Bonchev–Trinajstić information content (AvgIpc) is 2.76. The number of nitrogen functional groups attached to an aromatic ring is 1. The molecule has 0 unspecified atom stereocenters. The number of carbonyl (C=O) groups excluding carboxylic acids is 1. The summed E-state index contributed by atoms with van der Waals surface area (Å²) in [7, 11) is 0. The highest BCUT2D eigenvalue weighted by molar-refractivity contribution is 5.95. The second-order valence-corrected chi connectivity index (χ2v) is 8.39. The van der Waals surface area contributed by atoms with Crippen LogP contribution in [0.1, 0.15) is 33.3 Å². The molecule has 0 aliphatic heterocycles. The number of nitrogens with two attached hydrogens (primary N) is 1. The van der Waals surface area contributed by atoms with Crippen molar-refractivity contribution in [2.24, 2.45) is 5.92 Å². The first-order chi connectivity index (χ1) is 15.3. The van der Waals surface area contributed by atoms with Gasteiger partial charge in [-0.15, -0.1) is 0 Å². The number of carbonyl (C=O) groups is 1. The Kier molecular flexibility index (Phi) is 7.78. The molecule has 5 N–H and O–H groups in total. The van der Waals surface area contributed by atoms with Crippen LogP contribution in [0.15, 0.2) is 54.7 Å². The predicted octanol–water partition coefficient (Wildman–Crippen LogP) is 4.60. The van der Waals surface area contributed by atoms with Gasteiger partial charge in [-0.1, -0.05) is 45.9 Å². The smallest absolute Gasteiger partial charge is 0.227 e. The Morgan fingerprint density at radius 3 is 2.44 bits per heavy atom. The molecular weight excluding hydrogens is 400 g/mol. The van der Waals surface area contributed by atoms with E-state index in [-0.39, 0.29) is 11.8 Å². The van der Waals surface area contributed by atoms with Gasteiger partial charge in [0.05, 0.1) is 17.1 Å². The number of amides is 1. The van der Waals surface area contributed by atoms with E-state index in [4.69, 9.17) is 5.73 Å². The molecule has 1 heterocycles. The monoisotopic (exact) mass is 432 g/mol. The van der Waals surface area contributed by atoms with Crippen LogP contribution in [0.4, 0.5) is 23.0 Å². The summed E-state index contributed by atoms with van der Waals surface area (Å²) in [5.74, 6) is 0.322. The first-order valence-electron chi connectivity index (χ1n) is 10.9. The van der Waals surface area contributed by atoms with Crippen LogP contribution in [0.2, 0.25) is 0 Å². The molecule has 2 aromatic carbocycles. The van der Waals surface area contributed by atoms with Crippen LogP contribution >= 0.6 is 0 Å². The molecule has 3 rings (SSSR count). The van der Waals surface area contributed by atoms with E-state index in [1.165, 1.54) is 5.56 Å². The van der Waals surface area contributed by atoms with E-state index in [2.05, 4.69) is 51.9 Å². The van der Waals surface area contributed by atoms with Gasteiger partial charge in [0.25, 0.3) is 0 Å². The first-order valence-corrected chi connectivity index (χ1v) is 10.9. The Morgan fingerprint density at radius 2 is 1.78 bits per heavy atom. The summed E-state index contributed by atoms with van der Waals surface area (Å²) in [4.78, 5) is 20.9. The molecule has 0 spiro atoms. The summed E-state index contributed by atoms with van der Waals surface area (Å²) in [6.45, 7) is 8.93. The third-order valence-corrected chi connectivity index (χ3v) is 4.96. The van der Waals surface area contributed by atoms with Gasteiger partial charge < -0.3 is 21.7 Å². The zero-order chi connectivity index (χ0) is 23.1. The lowest BCUT2D eigenvalue weighted by molar-refractivity contribution is -0.118. The van der Waals surface area contributed by atoms with Crippen molar-refractivity contribution in [1.82, 2.24) is 15.3 Å². The summed E-state index contributed by atoms with van der Waals surface area (Å²) in [5.41, 5.74) is 11.0. The molecule has 0 bridgehead atoms. The highest BCUT2D eigenvalue weighted by Gasteiger charge is 2.11. The van der Waals surface area contributed by atoms with Gasteiger partial charge in [0.15, 0.2) is 0 Å². The number of aromatic nitrogens is 2. The fourth-order valence-corrected chi connectivity index (χ4v) is 3.08. The molecule has 0 radical (unpaired) electrons. The van der Waals surface area contributed by atoms with E-state index < -0.39 is 0 Å². The molecule has 1 amide bonds. The highest BCUT2D eigenvalue weighted by atomic mass is 16.1. The minimum Gasteiger partial charge on any atom is -0.397 e. The Morgan fingerprint density at radius 1 is 1.03 bits per heavy atom. The van der Waals surface area contributed by atoms with Crippen molar-refractivity contribution in [2.45, 2.75) is 40.2 Å². The van der Waals surface area contributed by atoms with E-state index in [9.17, 15) is 4.79 Å². The second-order valence-electron chi connectivity index (χ2n) is 8.39. The summed E-state index contributed by atoms with van der Waals surface area (Å²) in [5, 5.41) is 9.52. The van der Waals surface area contributed by atoms with Crippen molar-refractivity contribution in [1.29, 1.82) is 0 Å². The number of hydrogen-bond donors (Lipinski definition) is 4. The zero-order valence-electron chi connectivity index (χ0n) is 19.1. The summed E-state index contributed by atoms with van der Waals surface area (Å²) in [6.07, 6.45) is 2.70. The Balaban J connectivity index is 1.68. The van der Waals surface area contributed by atoms with Crippen molar-refractivity contribution in [2.75, 3.05) is 22.9 Å². The molecule has 0 saturated carbocycles. The van der Waals surface area contributed by atoms with Crippen molar-refractivity contribution in [3.05, 3.63) is 60.3 Å². The van der Waals surface area contributed by atoms with Gasteiger partial charge in [-0.3, -0.25) is 4.79 Å². The van der Waals surface area contributed by atoms with Gasteiger partial charge in [0.1, 0.15) is 0 Å². The summed E-state index contributed by atoms with van der Waals surface area (Å²) < 4.78 is 0. The Hall–Kier alpha value is -3.45. The first kappa shape index (κ1) is 23.2. The maximum atomic E-state index is 11.9. The van der Waals surface area contributed by atoms with Gasteiger partial charge >= 0.3 is 0 Å². The van der Waals surface area contributed by atoms with E-state index in [0.29, 0.717) is 23.4 Å². The van der Waals surface area contributed by atoms with Crippen LogP contribution in [0, 0.1) is 5.92 Å². The molecule has 32 heavy (non-hydrogen) atoms. The molecule has 0 aliphatic rings. The van der Waals surface area contributed by atoms with Crippen LogP contribution in [0.25, 0.3) is 11.3 Å². The van der Waals surface area contributed by atoms with E-state index in [1.807, 2.05) is 44.2 Å². The minimum absolute atomic E-state index is 0.0693. The van der Waals surface area contributed by atoms with Crippen molar-refractivity contribution in [3.8, 4) is 11.3 Å². The standard InChI is InChI=1S/C25H32N6O/c1-16(2)24(32)30-23-10-7-19(15-21(23)26)22-12-14-28-25(31-22)29-20-8-5-18(6-9-20)11-13-27-17(3)4/h5-10,12,14-17,27H,11,13,26H2,1-4H3,(H,30,32)(H,28,29,31). The van der Waals surface area contributed by atoms with Crippen LogP contribution < -0.4 is 21.7 Å². The van der Waals surface area contributed by atoms with Gasteiger partial charge in [0, 0.05) is 29.4 Å². The van der Waals surface area contributed by atoms with E-state index in [1.54, 1.807) is 12.3 Å². The predicted molar refractivity (Wildman–Crippen MR) is 132 cm³/mol. The number of nitrogens with zero attached hydrogens (tertiary/aromatic N) is 2. The lowest BCUT2D eigenvalue weighted by atomic mass is 10.1. The average molecular weight is 433 g/mol. The lowest BCUT2D eigenvalue weighted by Crippen LogP contribution is -2.24. The van der Waals surface area contributed by atoms with E-state index in [0.717, 1.165) is 29.9 Å². The molecule has 3 aromatic rings. The van der Waals surface area contributed by atoms with Crippen molar-refractivity contribution < 1.29 is 4.79 Å². The third-order valence-electron chi connectivity index (χ3n) is 4.96. The fraction of sp³-hybridized carbons (Fsp3) is 0.320. The maximum absolute atomic E-state index is 11.9. The number of benzene rings is 2. The number of rotatable bonds is 9. The van der Waals surface area contributed by atoms with Gasteiger partial charge in [-0.05, 0) is 48.9 Å². The van der Waals surface area contributed by atoms with Gasteiger partial charge in [0.2, 0.25) is 11.9 Å². The molecule has 168 valence electrons. The number of anilines is 4. The topological polar surface area (TPSA) is 105 Å². The zero-order valence-corrected chi connectivity index (χ0v) is 19.1. The minimum atomic E-state index is -0.115. The van der Waals surface area contributed by atoms with Crippen molar-refractivity contribution >= 4 is 28.9 Å². The molecule has 7 nitrogen and oxygen atoms in total. The normalized spacial score (nSPS) is 11.1. The summed E-state index contributed by atoms with van der Waals surface area (Å²) in [6, 6.07) is 16.1. The Labute approximate surface area is 189 Å². The molecule has 0 aliphatic carbocycles. The quantitative estimate of drug-likeness (QED) is 0.368. The van der Waals surface area contributed by atoms with Crippen molar-refractivity contribution in [3.63, 3.8) is 0 Å². The van der Waals surface area contributed by atoms with E-state index >= 15 is 0 Å². The SMILES string of the molecule is CC(C)NCCc1ccc(Nc2nccc(-c3ccc(NC(=O)C(C)C)c(N)c3)n2)cc1. The maximum Gasteiger partial charge on any atom is 0.227 e. The van der Waals surface area contributed by atoms with Crippen LogP contribution in [0.5, 0.6) is 0 Å². The fourth-order valence-electron chi connectivity index (χ4n) is 3.08. The largest absolute Gasteiger partial charge is 0.397 e. The number of nitrogens with one attached hydrogen (secondary N) is 3. The van der Waals surface area contributed by atoms with Crippen LogP contribution in [0.3, 0.4) is 0 Å². The van der Waals surface area contributed by atoms with Gasteiger partial charge in [-0.2, -0.15) is 0 Å². The molecule has 0 saturated heterocycles. The third kappa shape index (κ3) is 6.52. The molecule has 1 aromatic heterocycles. The number of hydrogen-bond acceptors (Lipinski definition) is 6. The summed E-state index contributed by atoms with van der Waals surface area (Å²) >= 11 is 0. The Bertz CT molecular complexity index is 1050.